The molecule has 3 heterocycles. The van der Waals surface area contributed by atoms with E-state index in [4.69, 9.17) is 4.74 Å². The van der Waals surface area contributed by atoms with Gasteiger partial charge >= 0.3 is 12.1 Å². The van der Waals surface area contributed by atoms with E-state index in [2.05, 4.69) is 16.0 Å². The second-order valence-electron chi connectivity index (χ2n) is 14.0. The van der Waals surface area contributed by atoms with Crippen molar-refractivity contribution in [3.63, 3.8) is 0 Å². The lowest BCUT2D eigenvalue weighted by molar-refractivity contribution is -0.144. The number of hydrogen-bond donors (Lipinski definition) is 4. The Hall–Kier alpha value is -6.28. The van der Waals surface area contributed by atoms with Crippen LogP contribution in [0.5, 0.6) is 5.75 Å². The van der Waals surface area contributed by atoms with Gasteiger partial charge in [0.1, 0.15) is 17.8 Å². The van der Waals surface area contributed by atoms with E-state index in [-0.39, 0.29) is 24.8 Å². The summed E-state index contributed by atoms with van der Waals surface area (Å²) >= 11 is 1.37. The highest BCUT2D eigenvalue weighted by Gasteiger charge is 2.34. The Kier molecular flexibility index (Phi) is 13.4. The number of carbonyl (C=O) groups is 5. The summed E-state index contributed by atoms with van der Waals surface area (Å²) in [5, 5.41) is 20.1. The molecule has 2 bridgehead atoms. The zero-order chi connectivity index (χ0) is 41.2. The highest BCUT2D eigenvalue weighted by molar-refractivity contribution is 7.09. The molecule has 300 valence electrons. The van der Waals surface area contributed by atoms with E-state index in [9.17, 15) is 42.3 Å². The number of nitrogens with one attached hydrogen (secondary N) is 3. The monoisotopic (exact) mass is 811 g/mol. The van der Waals surface area contributed by atoms with Crippen molar-refractivity contribution in [3.05, 3.63) is 148 Å². The number of amides is 3. The normalized spacial score (nSPS) is 19.8. The number of Topliss-reactive ketones (excluding diaryl/α,β-unsaturated/α-hetero) is 1. The van der Waals surface area contributed by atoms with Crippen molar-refractivity contribution in [2.24, 2.45) is 5.92 Å². The number of hydrogen-bond acceptors (Lipinski definition) is 7. The van der Waals surface area contributed by atoms with Gasteiger partial charge in [0.25, 0.3) is 5.91 Å². The van der Waals surface area contributed by atoms with Crippen LogP contribution in [-0.2, 0) is 55.8 Å². The van der Waals surface area contributed by atoms with E-state index in [0.29, 0.717) is 16.9 Å². The zero-order valence-electron chi connectivity index (χ0n) is 31.0. The maximum absolute atomic E-state index is 14.4. The number of benzene rings is 4. The molecule has 0 saturated carbocycles. The molecule has 58 heavy (non-hydrogen) atoms. The summed E-state index contributed by atoms with van der Waals surface area (Å²) in [5.41, 5.74) is 2.13. The molecule has 0 aliphatic carbocycles. The number of ether oxygens (including phenoxy) is 1. The van der Waals surface area contributed by atoms with Crippen LogP contribution in [0.25, 0.3) is 11.1 Å². The largest absolute Gasteiger partial charge is 0.484 e. The molecule has 7 rings (SSSR count). The van der Waals surface area contributed by atoms with Gasteiger partial charge in [0.05, 0.1) is 17.5 Å². The molecule has 4 N–H and O–H groups in total. The number of rotatable bonds is 8. The fourth-order valence-electron chi connectivity index (χ4n) is 6.67. The number of ketones is 1. The first kappa shape index (κ1) is 41.4. The summed E-state index contributed by atoms with van der Waals surface area (Å²) < 4.78 is 46.8. The van der Waals surface area contributed by atoms with Gasteiger partial charge < -0.3 is 25.8 Å². The lowest BCUT2D eigenvalue weighted by Gasteiger charge is -2.26. The average molecular weight is 812 g/mol. The molecule has 10 nitrogen and oxygen atoms in total. The molecule has 1 aromatic heterocycles. The Labute approximate surface area is 336 Å². The van der Waals surface area contributed by atoms with E-state index < -0.39 is 84.7 Å². The molecule has 4 aromatic carbocycles. The minimum atomic E-state index is -4.68. The van der Waals surface area contributed by atoms with Crippen LogP contribution in [0.2, 0.25) is 0 Å². The van der Waals surface area contributed by atoms with Crippen LogP contribution in [0, 0.1) is 5.92 Å². The molecule has 4 atom stereocenters. The van der Waals surface area contributed by atoms with Gasteiger partial charge in [0.15, 0.2) is 12.4 Å². The van der Waals surface area contributed by atoms with Crippen molar-refractivity contribution in [1.82, 2.24) is 16.0 Å². The third kappa shape index (κ3) is 11.4. The number of carbonyl (C=O) groups excluding carboxylic acids is 4. The lowest BCUT2D eigenvalue weighted by Crippen LogP contribution is -2.57. The number of alkyl halides is 3. The molecule has 0 saturated heterocycles. The van der Waals surface area contributed by atoms with E-state index >= 15 is 0 Å². The molecule has 0 fully saturated rings. The van der Waals surface area contributed by atoms with Crippen LogP contribution in [0.4, 0.5) is 13.2 Å². The molecule has 0 unspecified atom stereocenters. The summed E-state index contributed by atoms with van der Waals surface area (Å²) in [4.78, 5) is 69.0. The third-order valence-corrected chi connectivity index (χ3v) is 10.6. The van der Waals surface area contributed by atoms with Crippen LogP contribution in [-0.4, -0.2) is 59.3 Å². The topological polar surface area (TPSA) is 151 Å². The Bertz CT molecular complexity index is 2210. The zero-order valence-corrected chi connectivity index (χ0v) is 31.9. The predicted octanol–water partition coefficient (Wildman–Crippen LogP) is 6.21. The fraction of sp³-hybridized carbons (Fsp3) is 0.250. The molecule has 5 aromatic rings. The van der Waals surface area contributed by atoms with Crippen LogP contribution in [0.3, 0.4) is 0 Å². The second-order valence-corrected chi connectivity index (χ2v) is 15.1. The standard InChI is InChI=1S/C44H40F3N3O7S/c45-44(46,47)33-9-4-6-29(21-33)23-36-39(51)24-32(43(55)56)20-27-13-17-34(18-14-27)57-26-40(52)48-38(25-35-10-5-19-58-35)42(54)50-37(41(53)49-36)22-28-11-15-31(16-12-28)30-7-2-1-3-8-30/h1-19,21,32,36-38H,20,22-26H2,(H,48,52)(H,49,53)(H,50,54)(H,55,56)/t32-,36-,37+,38-/m1/s1. The Balaban J connectivity index is 1.36. The van der Waals surface area contributed by atoms with E-state index in [1.165, 1.54) is 23.5 Å². The Morgan fingerprint density at radius 1 is 0.690 bits per heavy atom. The highest BCUT2D eigenvalue weighted by Crippen LogP contribution is 2.30. The van der Waals surface area contributed by atoms with Gasteiger partial charge in [-0.1, -0.05) is 91.0 Å². The summed E-state index contributed by atoms with van der Waals surface area (Å²) in [6, 6.07) is 27.0. The van der Waals surface area contributed by atoms with Crippen molar-refractivity contribution < 1.29 is 47.0 Å². The molecule has 0 spiro atoms. The molecule has 14 heteroatoms. The molecule has 0 radical (unpaired) electrons. The maximum Gasteiger partial charge on any atom is 0.416 e. The minimum Gasteiger partial charge on any atom is -0.484 e. The van der Waals surface area contributed by atoms with Gasteiger partial charge in [0.2, 0.25) is 11.8 Å². The van der Waals surface area contributed by atoms with Gasteiger partial charge in [-0.2, -0.15) is 13.2 Å². The number of aliphatic carboxylic acids is 1. The van der Waals surface area contributed by atoms with Crippen molar-refractivity contribution in [2.45, 2.75) is 56.4 Å². The van der Waals surface area contributed by atoms with Crippen molar-refractivity contribution in [2.75, 3.05) is 6.61 Å². The Morgan fingerprint density at radius 2 is 1.34 bits per heavy atom. The quantitative estimate of drug-likeness (QED) is 0.136. The van der Waals surface area contributed by atoms with Crippen molar-refractivity contribution >= 4 is 40.8 Å². The first-order valence-electron chi connectivity index (χ1n) is 18.5. The van der Waals surface area contributed by atoms with Crippen LogP contribution in [0.1, 0.15) is 33.6 Å². The first-order chi connectivity index (χ1) is 27.8. The third-order valence-electron chi connectivity index (χ3n) is 9.74. The SMILES string of the molecule is O=C1COc2ccc(cc2)C[C@@H](C(=O)O)CC(=O)[C@@H](Cc2cccc(C(F)(F)F)c2)NC(=O)[C@H](Cc2ccc(-c3ccccc3)cc2)NC(=O)[C@@H](Cc2cccs2)N1. The van der Waals surface area contributed by atoms with Crippen LogP contribution >= 0.6 is 11.3 Å². The summed E-state index contributed by atoms with van der Waals surface area (Å²) in [5.74, 6) is -5.14. The molecular formula is C44H40F3N3O7S. The number of thiophene rings is 1. The fourth-order valence-corrected chi connectivity index (χ4v) is 7.42. The number of fused-ring (bicyclic) bond motifs is 16. The maximum atomic E-state index is 14.4. The van der Waals surface area contributed by atoms with Crippen LogP contribution in [0.15, 0.2) is 121 Å². The first-order valence-corrected chi connectivity index (χ1v) is 19.4. The number of halogens is 3. The predicted molar refractivity (Wildman–Crippen MR) is 211 cm³/mol. The van der Waals surface area contributed by atoms with Crippen molar-refractivity contribution in [1.29, 1.82) is 0 Å². The molecule has 2 aliphatic rings. The van der Waals surface area contributed by atoms with Crippen molar-refractivity contribution in [3.8, 4) is 16.9 Å². The van der Waals surface area contributed by atoms with E-state index in [1.54, 1.807) is 48.5 Å². The highest BCUT2D eigenvalue weighted by atomic mass is 32.1. The molecular weight excluding hydrogens is 772 g/mol. The number of carboxylic acids is 1. The van der Waals surface area contributed by atoms with Gasteiger partial charge in [-0.3, -0.25) is 24.0 Å². The second kappa shape index (κ2) is 18.8. The Morgan fingerprint density at radius 3 is 2.00 bits per heavy atom. The summed E-state index contributed by atoms with van der Waals surface area (Å²) in [7, 11) is 0. The smallest absolute Gasteiger partial charge is 0.416 e. The van der Waals surface area contributed by atoms with E-state index in [1.807, 2.05) is 47.8 Å². The average Bonchev–Trinajstić information content (AvgIpc) is 3.73. The van der Waals surface area contributed by atoms with Gasteiger partial charge in [-0.25, -0.2) is 0 Å². The van der Waals surface area contributed by atoms with Crippen LogP contribution < -0.4 is 20.7 Å². The minimum absolute atomic E-state index is 0.0742. The summed E-state index contributed by atoms with van der Waals surface area (Å²) in [6.45, 7) is -0.450. The van der Waals surface area contributed by atoms with E-state index in [0.717, 1.165) is 28.1 Å². The molecule has 2 aliphatic heterocycles. The van der Waals surface area contributed by atoms with Gasteiger partial charge in [0, 0.05) is 24.1 Å². The van der Waals surface area contributed by atoms with Gasteiger partial charge in [-0.05, 0) is 70.3 Å². The molecule has 3 amide bonds. The lowest BCUT2D eigenvalue weighted by atomic mass is 9.90. The summed E-state index contributed by atoms with van der Waals surface area (Å²) in [6.07, 6.45) is -5.72. The van der Waals surface area contributed by atoms with Gasteiger partial charge in [-0.15, -0.1) is 11.3 Å². The number of carboxylic acid groups (broad SMARTS) is 1.